The quantitative estimate of drug-likeness (QED) is 0.874. The molecule has 0 aromatic heterocycles. The van der Waals surface area contributed by atoms with Gasteiger partial charge in [-0.25, -0.2) is 0 Å². The van der Waals surface area contributed by atoms with Crippen LogP contribution in [0.2, 0.25) is 0 Å². The molecule has 0 amide bonds. The van der Waals surface area contributed by atoms with Crippen molar-refractivity contribution >= 4 is 11.7 Å². The van der Waals surface area contributed by atoms with Gasteiger partial charge in [-0.2, -0.15) is 5.26 Å². The molecule has 4 heteroatoms. The number of nitrogens with zero attached hydrogens (tertiary/aromatic N) is 1. The largest absolute Gasteiger partial charge is 0.481 e. The molecule has 1 aromatic carbocycles. The van der Waals surface area contributed by atoms with Crippen LogP contribution in [0.3, 0.4) is 0 Å². The van der Waals surface area contributed by atoms with E-state index in [2.05, 4.69) is 11.4 Å². The third-order valence-electron chi connectivity index (χ3n) is 4.07. The summed E-state index contributed by atoms with van der Waals surface area (Å²) < 4.78 is 0. The van der Waals surface area contributed by atoms with Crippen molar-refractivity contribution in [2.45, 2.75) is 39.2 Å². The Morgan fingerprint density at radius 3 is 2.95 bits per heavy atom. The van der Waals surface area contributed by atoms with E-state index in [1.54, 1.807) is 6.92 Å². The fourth-order valence-electron chi connectivity index (χ4n) is 2.72. The van der Waals surface area contributed by atoms with Gasteiger partial charge in [0.2, 0.25) is 0 Å². The summed E-state index contributed by atoms with van der Waals surface area (Å²) in [6.45, 7) is 3.71. The lowest BCUT2D eigenvalue weighted by Crippen LogP contribution is -2.40. The normalized spacial score (nSPS) is 25.8. The molecule has 2 N–H and O–H groups in total. The lowest BCUT2D eigenvalue weighted by atomic mass is 9.84. The number of aryl methyl sites for hydroxylation is 1. The highest BCUT2D eigenvalue weighted by Gasteiger charge is 2.45. The maximum atomic E-state index is 11.4. The first-order valence-electron chi connectivity index (χ1n) is 6.48. The molecule has 1 aromatic rings. The average molecular weight is 258 g/mol. The zero-order valence-electron chi connectivity index (χ0n) is 11.2. The number of nitrogens with one attached hydrogen (secondary N) is 1. The second-order valence-electron chi connectivity index (χ2n) is 5.47. The van der Waals surface area contributed by atoms with Crippen LogP contribution in [0.1, 0.15) is 37.3 Å². The second-order valence-corrected chi connectivity index (χ2v) is 5.47. The molecular formula is C15H18N2O2. The van der Waals surface area contributed by atoms with Gasteiger partial charge in [0.1, 0.15) is 6.07 Å². The van der Waals surface area contributed by atoms with E-state index in [0.29, 0.717) is 12.0 Å². The van der Waals surface area contributed by atoms with Gasteiger partial charge in [-0.1, -0.05) is 12.5 Å². The minimum atomic E-state index is -0.770. The molecule has 0 bridgehead atoms. The molecule has 0 saturated heterocycles. The number of carboxylic acids is 1. The van der Waals surface area contributed by atoms with E-state index < -0.39 is 11.4 Å². The van der Waals surface area contributed by atoms with Gasteiger partial charge in [0, 0.05) is 6.04 Å². The van der Waals surface area contributed by atoms with Crippen molar-refractivity contribution in [3.8, 4) is 6.07 Å². The van der Waals surface area contributed by atoms with Crippen LogP contribution in [0.5, 0.6) is 0 Å². The fraction of sp³-hybridized carbons (Fsp3) is 0.467. The van der Waals surface area contributed by atoms with Crippen molar-refractivity contribution in [3.05, 3.63) is 29.3 Å². The van der Waals surface area contributed by atoms with E-state index in [9.17, 15) is 9.90 Å². The van der Waals surface area contributed by atoms with E-state index in [1.807, 2.05) is 25.1 Å². The molecule has 2 atom stereocenters. The highest BCUT2D eigenvalue weighted by molar-refractivity contribution is 5.76. The highest BCUT2D eigenvalue weighted by Crippen LogP contribution is 2.40. The van der Waals surface area contributed by atoms with E-state index in [0.717, 1.165) is 24.1 Å². The Kier molecular flexibility index (Phi) is 3.48. The average Bonchev–Trinajstić information content (AvgIpc) is 2.74. The number of hydrogen-bond acceptors (Lipinski definition) is 3. The Morgan fingerprint density at radius 2 is 2.32 bits per heavy atom. The standard InChI is InChI=1S/C15H18N2O2/c1-10-5-6-12(11(8-10)9-16)17-13-4-3-7-15(13,2)14(18)19/h5-6,8,13,17H,3-4,7H2,1-2H3,(H,18,19). The maximum absolute atomic E-state index is 11.4. The molecule has 0 aliphatic heterocycles. The van der Waals surface area contributed by atoms with Gasteiger partial charge >= 0.3 is 5.97 Å². The number of carbonyl (C=O) groups is 1. The van der Waals surface area contributed by atoms with Crippen LogP contribution in [0, 0.1) is 23.7 Å². The van der Waals surface area contributed by atoms with Crippen LogP contribution in [0.15, 0.2) is 18.2 Å². The molecule has 19 heavy (non-hydrogen) atoms. The smallest absolute Gasteiger partial charge is 0.311 e. The number of carboxylic acid groups (broad SMARTS) is 1. The fourth-order valence-corrected chi connectivity index (χ4v) is 2.72. The minimum Gasteiger partial charge on any atom is -0.481 e. The number of hydrogen-bond donors (Lipinski definition) is 2. The van der Waals surface area contributed by atoms with Crippen LogP contribution in [-0.4, -0.2) is 17.1 Å². The highest BCUT2D eigenvalue weighted by atomic mass is 16.4. The second kappa shape index (κ2) is 4.93. The van der Waals surface area contributed by atoms with Crippen molar-refractivity contribution in [2.24, 2.45) is 5.41 Å². The molecule has 1 aliphatic carbocycles. The summed E-state index contributed by atoms with van der Waals surface area (Å²) in [5.74, 6) is -0.770. The van der Waals surface area contributed by atoms with Crippen LogP contribution in [0.4, 0.5) is 5.69 Å². The first-order valence-corrected chi connectivity index (χ1v) is 6.48. The molecule has 1 aliphatic rings. The van der Waals surface area contributed by atoms with Gasteiger partial charge in [-0.05, 0) is 44.4 Å². The van der Waals surface area contributed by atoms with Gasteiger partial charge in [0.05, 0.1) is 16.7 Å². The molecule has 2 rings (SSSR count). The summed E-state index contributed by atoms with van der Waals surface area (Å²) in [5, 5.41) is 21.8. The molecule has 0 spiro atoms. The van der Waals surface area contributed by atoms with Crippen LogP contribution in [-0.2, 0) is 4.79 Å². The summed E-state index contributed by atoms with van der Waals surface area (Å²) in [5.41, 5.74) is 1.57. The lowest BCUT2D eigenvalue weighted by molar-refractivity contribution is -0.147. The monoisotopic (exact) mass is 258 g/mol. The minimum absolute atomic E-state index is 0.125. The summed E-state index contributed by atoms with van der Waals surface area (Å²) in [6.07, 6.45) is 2.39. The zero-order valence-corrected chi connectivity index (χ0v) is 11.2. The number of nitriles is 1. The lowest BCUT2D eigenvalue weighted by Gasteiger charge is -2.29. The molecule has 0 heterocycles. The van der Waals surface area contributed by atoms with Gasteiger partial charge in [-0.3, -0.25) is 4.79 Å². The van der Waals surface area contributed by atoms with E-state index >= 15 is 0 Å². The van der Waals surface area contributed by atoms with Gasteiger partial charge in [0.25, 0.3) is 0 Å². The van der Waals surface area contributed by atoms with Crippen LogP contribution >= 0.6 is 0 Å². The molecule has 1 fully saturated rings. The van der Waals surface area contributed by atoms with Gasteiger partial charge < -0.3 is 10.4 Å². The van der Waals surface area contributed by atoms with Crippen LogP contribution in [0.25, 0.3) is 0 Å². The molecule has 1 saturated carbocycles. The van der Waals surface area contributed by atoms with Crippen molar-refractivity contribution < 1.29 is 9.90 Å². The number of aliphatic carboxylic acids is 1. The van der Waals surface area contributed by atoms with Crippen molar-refractivity contribution in [1.82, 2.24) is 0 Å². The molecule has 4 nitrogen and oxygen atoms in total. The van der Waals surface area contributed by atoms with Crippen molar-refractivity contribution in [2.75, 3.05) is 5.32 Å². The summed E-state index contributed by atoms with van der Waals surface area (Å²) in [6, 6.07) is 7.63. The van der Waals surface area contributed by atoms with E-state index in [4.69, 9.17) is 5.26 Å². The number of anilines is 1. The number of rotatable bonds is 3. The summed E-state index contributed by atoms with van der Waals surface area (Å²) in [4.78, 5) is 11.4. The Balaban J connectivity index is 2.27. The Hall–Kier alpha value is -2.02. The predicted octanol–water partition coefficient (Wildman–Crippen LogP) is 2.92. The Morgan fingerprint density at radius 1 is 1.58 bits per heavy atom. The first kappa shape index (κ1) is 13.4. The van der Waals surface area contributed by atoms with Crippen molar-refractivity contribution in [3.63, 3.8) is 0 Å². The molecule has 2 unspecified atom stereocenters. The van der Waals surface area contributed by atoms with Gasteiger partial charge in [0.15, 0.2) is 0 Å². The molecular weight excluding hydrogens is 240 g/mol. The summed E-state index contributed by atoms with van der Waals surface area (Å²) in [7, 11) is 0. The first-order chi connectivity index (χ1) is 8.97. The predicted molar refractivity (Wildman–Crippen MR) is 72.9 cm³/mol. The Labute approximate surface area is 113 Å². The third kappa shape index (κ3) is 2.41. The van der Waals surface area contributed by atoms with Gasteiger partial charge in [-0.15, -0.1) is 0 Å². The SMILES string of the molecule is Cc1ccc(NC2CCCC2(C)C(=O)O)c(C#N)c1. The third-order valence-corrected chi connectivity index (χ3v) is 4.07. The molecule has 100 valence electrons. The van der Waals surface area contributed by atoms with E-state index in [1.165, 1.54) is 0 Å². The number of benzene rings is 1. The summed E-state index contributed by atoms with van der Waals surface area (Å²) >= 11 is 0. The van der Waals surface area contributed by atoms with Crippen LogP contribution < -0.4 is 5.32 Å². The van der Waals surface area contributed by atoms with E-state index in [-0.39, 0.29) is 6.04 Å². The topological polar surface area (TPSA) is 73.1 Å². The Bertz CT molecular complexity index is 548. The molecule has 0 radical (unpaired) electrons. The maximum Gasteiger partial charge on any atom is 0.311 e. The zero-order chi connectivity index (χ0) is 14.0. The van der Waals surface area contributed by atoms with Crippen molar-refractivity contribution in [1.29, 1.82) is 5.26 Å².